The summed E-state index contributed by atoms with van der Waals surface area (Å²) in [5.41, 5.74) is 1.23. The van der Waals surface area contributed by atoms with Crippen LogP contribution in [-0.4, -0.2) is 39.1 Å². The quantitative estimate of drug-likeness (QED) is 0.771. The lowest BCUT2D eigenvalue weighted by atomic mass is 10.1. The van der Waals surface area contributed by atoms with E-state index in [1.54, 1.807) is 30.3 Å². The predicted octanol–water partition coefficient (Wildman–Crippen LogP) is 2.55. The molecule has 144 valence electrons. The van der Waals surface area contributed by atoms with Crippen molar-refractivity contribution in [2.75, 3.05) is 32.2 Å². The molecule has 7 heteroatoms. The van der Waals surface area contributed by atoms with Crippen LogP contribution in [0.25, 0.3) is 0 Å². The molecule has 1 N–H and O–H groups in total. The molecule has 0 radical (unpaired) electrons. The number of benzene rings is 2. The molecule has 0 aliphatic heterocycles. The number of nitrogens with one attached hydrogen (secondary N) is 1. The average Bonchev–Trinajstić information content (AvgIpc) is 2.64. The van der Waals surface area contributed by atoms with Gasteiger partial charge < -0.3 is 19.7 Å². The van der Waals surface area contributed by atoms with Crippen molar-refractivity contribution in [1.82, 2.24) is 5.32 Å². The number of rotatable bonds is 8. The zero-order valence-corrected chi connectivity index (χ0v) is 15.6. The van der Waals surface area contributed by atoms with Gasteiger partial charge in [-0.3, -0.25) is 9.59 Å². The van der Waals surface area contributed by atoms with Gasteiger partial charge in [-0.05, 0) is 29.8 Å². The van der Waals surface area contributed by atoms with Gasteiger partial charge in [0, 0.05) is 31.8 Å². The zero-order chi connectivity index (χ0) is 19.8. The summed E-state index contributed by atoms with van der Waals surface area (Å²) < 4.78 is 23.6. The highest BCUT2D eigenvalue weighted by molar-refractivity contribution is 5.92. The first kappa shape index (κ1) is 20.2. The molecule has 2 amide bonds. The van der Waals surface area contributed by atoms with E-state index in [1.807, 2.05) is 0 Å². The Morgan fingerprint density at radius 2 is 1.81 bits per heavy atom. The molecule has 2 aromatic carbocycles. The van der Waals surface area contributed by atoms with Gasteiger partial charge in [0.15, 0.2) is 11.5 Å². The van der Waals surface area contributed by atoms with Crippen molar-refractivity contribution in [1.29, 1.82) is 0 Å². The normalized spacial score (nSPS) is 10.2. The van der Waals surface area contributed by atoms with Crippen LogP contribution in [0.4, 0.5) is 10.1 Å². The number of hydrogen-bond donors (Lipinski definition) is 1. The van der Waals surface area contributed by atoms with E-state index in [4.69, 9.17) is 9.47 Å². The summed E-state index contributed by atoms with van der Waals surface area (Å²) in [7, 11) is 3.06. The van der Waals surface area contributed by atoms with E-state index in [-0.39, 0.29) is 30.6 Å². The number of hydrogen-bond acceptors (Lipinski definition) is 4. The zero-order valence-electron chi connectivity index (χ0n) is 15.6. The first-order valence-electron chi connectivity index (χ1n) is 8.46. The van der Waals surface area contributed by atoms with Gasteiger partial charge in [-0.15, -0.1) is 0 Å². The molecular weight excluding hydrogens is 351 g/mol. The molecule has 0 bridgehead atoms. The molecule has 0 unspecified atom stereocenters. The topological polar surface area (TPSA) is 67.9 Å². The highest BCUT2D eigenvalue weighted by Gasteiger charge is 2.15. The van der Waals surface area contributed by atoms with Gasteiger partial charge in [-0.25, -0.2) is 4.39 Å². The van der Waals surface area contributed by atoms with E-state index in [0.29, 0.717) is 29.3 Å². The number of amides is 2. The predicted molar refractivity (Wildman–Crippen MR) is 101 cm³/mol. The van der Waals surface area contributed by atoms with E-state index in [1.165, 1.54) is 38.2 Å². The van der Waals surface area contributed by atoms with Crippen molar-refractivity contribution in [3.63, 3.8) is 0 Å². The Bertz CT molecular complexity index is 810. The van der Waals surface area contributed by atoms with Gasteiger partial charge in [-0.1, -0.05) is 12.1 Å². The lowest BCUT2D eigenvalue weighted by Gasteiger charge is -2.22. The smallest absolute Gasteiger partial charge is 0.224 e. The Morgan fingerprint density at radius 3 is 2.44 bits per heavy atom. The number of carbonyl (C=O) groups excluding carboxylic acids is 2. The van der Waals surface area contributed by atoms with Crippen LogP contribution in [0.3, 0.4) is 0 Å². The minimum Gasteiger partial charge on any atom is -0.493 e. The number of halogens is 1. The molecule has 2 rings (SSSR count). The van der Waals surface area contributed by atoms with Crippen LogP contribution < -0.4 is 19.7 Å². The number of carbonyl (C=O) groups is 2. The van der Waals surface area contributed by atoms with Gasteiger partial charge in [0.2, 0.25) is 11.8 Å². The third kappa shape index (κ3) is 5.70. The molecule has 0 aromatic heterocycles. The maximum Gasteiger partial charge on any atom is 0.224 e. The van der Waals surface area contributed by atoms with Gasteiger partial charge in [0.05, 0.1) is 20.6 Å². The van der Waals surface area contributed by atoms with Crippen LogP contribution in [0.5, 0.6) is 11.5 Å². The number of nitrogens with zero attached hydrogens (tertiary/aromatic N) is 1. The van der Waals surface area contributed by atoms with Crippen LogP contribution in [0, 0.1) is 5.82 Å². The van der Waals surface area contributed by atoms with Gasteiger partial charge in [0.1, 0.15) is 5.82 Å². The highest BCUT2D eigenvalue weighted by atomic mass is 19.1. The second-order valence-corrected chi connectivity index (χ2v) is 5.87. The Hall–Kier alpha value is -3.09. The second kappa shape index (κ2) is 9.56. The Kier molecular flexibility index (Phi) is 7.16. The van der Waals surface area contributed by atoms with Crippen molar-refractivity contribution >= 4 is 17.5 Å². The van der Waals surface area contributed by atoms with Crippen LogP contribution in [0.2, 0.25) is 0 Å². The van der Waals surface area contributed by atoms with Crippen LogP contribution in [-0.2, 0) is 16.0 Å². The molecule has 2 aromatic rings. The Labute approximate surface area is 157 Å². The monoisotopic (exact) mass is 374 g/mol. The molecule has 6 nitrogen and oxygen atoms in total. The molecule has 27 heavy (non-hydrogen) atoms. The summed E-state index contributed by atoms with van der Waals surface area (Å²) in [4.78, 5) is 25.6. The van der Waals surface area contributed by atoms with E-state index < -0.39 is 0 Å². The third-order valence-corrected chi connectivity index (χ3v) is 3.97. The summed E-state index contributed by atoms with van der Waals surface area (Å²) in [5.74, 6) is 0.291. The van der Waals surface area contributed by atoms with Gasteiger partial charge >= 0.3 is 0 Å². The third-order valence-electron chi connectivity index (χ3n) is 3.97. The maximum atomic E-state index is 13.2. The van der Waals surface area contributed by atoms with Crippen molar-refractivity contribution in [3.8, 4) is 11.5 Å². The first-order chi connectivity index (χ1) is 12.9. The Balaban J connectivity index is 1.96. The minimum atomic E-state index is -0.378. The van der Waals surface area contributed by atoms with Crippen molar-refractivity contribution in [3.05, 3.63) is 53.8 Å². The van der Waals surface area contributed by atoms with Gasteiger partial charge in [0.25, 0.3) is 0 Å². The molecule has 0 heterocycles. The number of ether oxygens (including phenoxy) is 2. The summed E-state index contributed by atoms with van der Waals surface area (Å²) >= 11 is 0. The SMILES string of the molecule is COc1ccc(N(CCNC(=O)Cc2cccc(F)c2)C(C)=O)cc1OC. The van der Waals surface area contributed by atoms with Crippen LogP contribution >= 0.6 is 0 Å². The summed E-state index contributed by atoms with van der Waals surface area (Å²) in [5, 5.41) is 2.75. The van der Waals surface area contributed by atoms with Crippen molar-refractivity contribution in [2.24, 2.45) is 0 Å². The maximum absolute atomic E-state index is 13.2. The molecule has 0 saturated carbocycles. The summed E-state index contributed by atoms with van der Waals surface area (Å²) in [6.45, 7) is 2.01. The minimum absolute atomic E-state index is 0.0776. The van der Waals surface area contributed by atoms with E-state index >= 15 is 0 Å². The fraction of sp³-hybridized carbons (Fsp3) is 0.300. The van der Waals surface area contributed by atoms with Gasteiger partial charge in [-0.2, -0.15) is 0 Å². The second-order valence-electron chi connectivity index (χ2n) is 5.87. The molecular formula is C20H23FN2O4. The van der Waals surface area contributed by atoms with Crippen molar-refractivity contribution < 1.29 is 23.5 Å². The van der Waals surface area contributed by atoms with Crippen LogP contribution in [0.15, 0.2) is 42.5 Å². The number of methoxy groups -OCH3 is 2. The summed E-state index contributed by atoms with van der Waals surface area (Å²) in [6.07, 6.45) is 0.0776. The van der Waals surface area contributed by atoms with E-state index in [9.17, 15) is 14.0 Å². The standard InChI is InChI=1S/C20H23FN2O4/c1-14(24)23(17-7-8-18(26-2)19(13-17)27-3)10-9-22-20(25)12-15-5-4-6-16(21)11-15/h4-8,11,13H,9-10,12H2,1-3H3,(H,22,25). The first-order valence-corrected chi connectivity index (χ1v) is 8.46. The summed E-state index contributed by atoms with van der Waals surface area (Å²) in [6, 6.07) is 11.1. The molecule has 0 spiro atoms. The number of anilines is 1. The molecule has 0 atom stereocenters. The Morgan fingerprint density at radius 1 is 1.07 bits per heavy atom. The van der Waals surface area contributed by atoms with E-state index in [2.05, 4.69) is 5.32 Å². The molecule has 0 fully saturated rings. The average molecular weight is 374 g/mol. The fourth-order valence-corrected chi connectivity index (χ4v) is 2.66. The molecule has 0 aliphatic carbocycles. The highest BCUT2D eigenvalue weighted by Crippen LogP contribution is 2.31. The lowest BCUT2D eigenvalue weighted by Crippen LogP contribution is -2.38. The lowest BCUT2D eigenvalue weighted by molar-refractivity contribution is -0.121. The van der Waals surface area contributed by atoms with Crippen molar-refractivity contribution in [2.45, 2.75) is 13.3 Å². The van der Waals surface area contributed by atoms with E-state index in [0.717, 1.165) is 0 Å². The fourth-order valence-electron chi connectivity index (χ4n) is 2.66. The largest absolute Gasteiger partial charge is 0.493 e. The molecule has 0 aliphatic rings. The van der Waals surface area contributed by atoms with Crippen LogP contribution in [0.1, 0.15) is 12.5 Å². The molecule has 0 saturated heterocycles.